The largest absolute Gasteiger partial charge is 0.394 e. The van der Waals surface area contributed by atoms with E-state index >= 15 is 0 Å². The van der Waals surface area contributed by atoms with Crippen molar-refractivity contribution in [2.75, 3.05) is 39.6 Å². The van der Waals surface area contributed by atoms with E-state index in [1.54, 1.807) is 0 Å². The number of rotatable bonds is 10. The van der Waals surface area contributed by atoms with Crippen molar-refractivity contribution < 1.29 is 40.2 Å². The van der Waals surface area contributed by atoms with Gasteiger partial charge in [-0.25, -0.2) is 9.97 Å². The van der Waals surface area contributed by atoms with Crippen molar-refractivity contribution in [3.8, 4) is 0 Å². The predicted molar refractivity (Wildman–Crippen MR) is 84.9 cm³/mol. The molecule has 26 heavy (non-hydrogen) atoms. The summed E-state index contributed by atoms with van der Waals surface area (Å²) in [6.07, 6.45) is 2.23. The normalized spacial score (nSPS) is 11.9. The van der Waals surface area contributed by atoms with Crippen LogP contribution in [0, 0.1) is 0 Å². The van der Waals surface area contributed by atoms with E-state index in [4.69, 9.17) is 0 Å². The fraction of sp³-hybridized carbons (Fsp3) is 0.571. The molecule has 0 fully saturated rings. The smallest absolute Gasteiger partial charge is 0.273 e. The zero-order valence-corrected chi connectivity index (χ0v) is 13.8. The molecule has 1 heterocycles. The maximum Gasteiger partial charge on any atom is 0.273 e. The zero-order chi connectivity index (χ0) is 19.8. The summed E-state index contributed by atoms with van der Waals surface area (Å²) >= 11 is 0. The Bertz CT molecular complexity index is 549. The number of aliphatic hydroxyl groups is 6. The molecule has 1 aromatic rings. The van der Waals surface area contributed by atoms with Crippen LogP contribution in [-0.2, 0) is 0 Å². The van der Waals surface area contributed by atoms with Gasteiger partial charge in [0.2, 0.25) is 0 Å². The summed E-state index contributed by atoms with van der Waals surface area (Å²) in [7, 11) is 0. The number of aromatic nitrogens is 2. The number of carbonyl (C=O) groups is 2. The summed E-state index contributed by atoms with van der Waals surface area (Å²) in [5.41, 5.74) is -4.47. The van der Waals surface area contributed by atoms with E-state index in [0.29, 0.717) is 0 Å². The number of nitrogens with zero attached hydrogens (tertiary/aromatic N) is 2. The summed E-state index contributed by atoms with van der Waals surface area (Å²) in [5.74, 6) is -2.02. The van der Waals surface area contributed by atoms with Crippen LogP contribution in [0.5, 0.6) is 0 Å². The van der Waals surface area contributed by atoms with Gasteiger partial charge >= 0.3 is 0 Å². The lowest BCUT2D eigenvalue weighted by Gasteiger charge is -2.29. The molecule has 0 unspecified atom stereocenters. The van der Waals surface area contributed by atoms with Gasteiger partial charge in [0.05, 0.1) is 39.6 Å². The third kappa shape index (κ3) is 4.69. The molecule has 0 radical (unpaired) electrons. The van der Waals surface area contributed by atoms with Crippen molar-refractivity contribution in [1.29, 1.82) is 0 Å². The first-order valence-electron chi connectivity index (χ1n) is 7.47. The average molecular weight is 374 g/mol. The molecule has 0 aliphatic rings. The van der Waals surface area contributed by atoms with Gasteiger partial charge in [-0.3, -0.25) is 9.59 Å². The van der Waals surface area contributed by atoms with Gasteiger partial charge in [0.1, 0.15) is 11.1 Å². The SMILES string of the molecule is O=C(NC(CO)(CO)CO)c1nccnc1C(=O)NC(CO)(CO)CO. The molecular formula is C14H22N4O8. The highest BCUT2D eigenvalue weighted by atomic mass is 16.3. The first-order valence-corrected chi connectivity index (χ1v) is 7.47. The van der Waals surface area contributed by atoms with E-state index in [9.17, 15) is 40.2 Å². The van der Waals surface area contributed by atoms with Gasteiger partial charge in [0.15, 0.2) is 11.4 Å². The first-order chi connectivity index (χ1) is 12.4. The molecule has 12 nitrogen and oxygen atoms in total. The first kappa shape index (κ1) is 21.8. The van der Waals surface area contributed by atoms with E-state index in [2.05, 4.69) is 20.6 Å². The number of amides is 2. The maximum atomic E-state index is 12.4. The quantitative estimate of drug-likeness (QED) is 0.196. The predicted octanol–water partition coefficient (Wildman–Crippen LogP) is -4.63. The molecule has 1 rings (SSSR count). The van der Waals surface area contributed by atoms with Crippen LogP contribution >= 0.6 is 0 Å². The molecule has 0 bridgehead atoms. The Balaban J connectivity index is 3.14. The van der Waals surface area contributed by atoms with Gasteiger partial charge in [0.25, 0.3) is 11.8 Å². The Kier molecular flexibility index (Phi) is 7.95. The van der Waals surface area contributed by atoms with Crippen LogP contribution in [0.4, 0.5) is 0 Å². The van der Waals surface area contributed by atoms with Gasteiger partial charge in [-0.1, -0.05) is 0 Å². The Morgan fingerprint density at radius 3 is 1.19 bits per heavy atom. The van der Waals surface area contributed by atoms with Gasteiger partial charge in [-0.2, -0.15) is 0 Å². The lowest BCUT2D eigenvalue weighted by atomic mass is 10.0. The molecule has 0 saturated carbocycles. The van der Waals surface area contributed by atoms with Gasteiger partial charge < -0.3 is 41.3 Å². The van der Waals surface area contributed by atoms with Crippen LogP contribution in [0.25, 0.3) is 0 Å². The van der Waals surface area contributed by atoms with Crippen molar-refractivity contribution in [2.45, 2.75) is 11.1 Å². The van der Waals surface area contributed by atoms with Crippen LogP contribution in [0.1, 0.15) is 21.0 Å². The van der Waals surface area contributed by atoms with Crippen molar-refractivity contribution in [1.82, 2.24) is 20.6 Å². The highest BCUT2D eigenvalue weighted by Gasteiger charge is 2.35. The second-order valence-corrected chi connectivity index (χ2v) is 5.67. The molecule has 0 aliphatic carbocycles. The van der Waals surface area contributed by atoms with Crippen molar-refractivity contribution in [3.05, 3.63) is 23.8 Å². The maximum absolute atomic E-state index is 12.4. The minimum atomic E-state index is -1.74. The summed E-state index contributed by atoms with van der Waals surface area (Å²) in [6.45, 7) is -4.69. The molecule has 0 saturated heterocycles. The van der Waals surface area contributed by atoms with Gasteiger partial charge in [0, 0.05) is 12.4 Å². The van der Waals surface area contributed by atoms with E-state index in [1.807, 2.05) is 0 Å². The highest BCUT2D eigenvalue weighted by molar-refractivity contribution is 6.05. The summed E-state index contributed by atoms with van der Waals surface area (Å²) in [4.78, 5) is 32.2. The van der Waals surface area contributed by atoms with E-state index in [0.717, 1.165) is 12.4 Å². The second-order valence-electron chi connectivity index (χ2n) is 5.67. The van der Waals surface area contributed by atoms with Crippen LogP contribution in [0.2, 0.25) is 0 Å². The number of hydrogen-bond acceptors (Lipinski definition) is 10. The molecule has 12 heteroatoms. The summed E-state index contributed by atoms with van der Waals surface area (Å²) in [5, 5.41) is 59.9. The van der Waals surface area contributed by atoms with Crippen LogP contribution in [-0.4, -0.2) is 103 Å². The minimum Gasteiger partial charge on any atom is -0.394 e. The highest BCUT2D eigenvalue weighted by Crippen LogP contribution is 2.09. The Hall–Kier alpha value is -2.22. The number of nitrogens with one attached hydrogen (secondary N) is 2. The van der Waals surface area contributed by atoms with Gasteiger partial charge in [-0.05, 0) is 0 Å². The number of carbonyl (C=O) groups excluding carboxylic acids is 2. The Morgan fingerprint density at radius 2 is 0.962 bits per heavy atom. The lowest BCUT2D eigenvalue weighted by Crippen LogP contribution is -2.58. The molecule has 0 aromatic carbocycles. The molecule has 0 atom stereocenters. The summed E-state index contributed by atoms with van der Waals surface area (Å²) < 4.78 is 0. The molecule has 1 aromatic heterocycles. The lowest BCUT2D eigenvalue weighted by molar-refractivity contribution is 0.0358. The molecule has 8 N–H and O–H groups in total. The van der Waals surface area contributed by atoms with Crippen molar-refractivity contribution in [3.63, 3.8) is 0 Å². The molecule has 2 amide bonds. The number of hydrogen-bond donors (Lipinski definition) is 8. The van der Waals surface area contributed by atoms with E-state index in [1.165, 1.54) is 0 Å². The molecule has 146 valence electrons. The van der Waals surface area contributed by atoms with Crippen LogP contribution in [0.3, 0.4) is 0 Å². The summed E-state index contributed by atoms with van der Waals surface area (Å²) in [6, 6.07) is 0. The standard InChI is InChI=1S/C14H22N4O8/c19-3-13(4-20,5-21)17-11(25)9-10(16-2-1-15-9)12(26)18-14(6-22,7-23)8-24/h1-2,19-24H,3-8H2,(H,17,25)(H,18,26). The topological polar surface area (TPSA) is 205 Å². The minimum absolute atomic E-state index is 0.493. The Labute approximate surface area is 148 Å². The Morgan fingerprint density at radius 1 is 0.692 bits per heavy atom. The number of aliphatic hydroxyl groups excluding tert-OH is 6. The molecular weight excluding hydrogens is 352 g/mol. The molecule has 0 spiro atoms. The second kappa shape index (κ2) is 9.47. The monoisotopic (exact) mass is 374 g/mol. The van der Waals surface area contributed by atoms with E-state index < -0.39 is 73.9 Å². The fourth-order valence-electron chi connectivity index (χ4n) is 1.81. The van der Waals surface area contributed by atoms with Gasteiger partial charge in [-0.15, -0.1) is 0 Å². The van der Waals surface area contributed by atoms with E-state index in [-0.39, 0.29) is 0 Å². The fourth-order valence-corrected chi connectivity index (χ4v) is 1.81. The molecule has 0 aliphatic heterocycles. The average Bonchev–Trinajstić information content (AvgIpc) is 2.70. The third-order valence-corrected chi connectivity index (χ3v) is 3.70. The zero-order valence-electron chi connectivity index (χ0n) is 13.8. The van der Waals surface area contributed by atoms with Crippen molar-refractivity contribution in [2.24, 2.45) is 0 Å². The third-order valence-electron chi connectivity index (χ3n) is 3.70. The van der Waals surface area contributed by atoms with Crippen LogP contribution in [0.15, 0.2) is 12.4 Å². The van der Waals surface area contributed by atoms with Crippen LogP contribution < -0.4 is 10.6 Å². The van der Waals surface area contributed by atoms with Crippen molar-refractivity contribution >= 4 is 11.8 Å².